The molecule has 0 saturated heterocycles. The molecular formula is C19H18N4O3S3. The third kappa shape index (κ3) is 4.77. The number of thioether (sulfide) groups is 1. The third-order valence-electron chi connectivity index (χ3n) is 3.97. The number of hydrogen-bond donors (Lipinski definition) is 0. The third-order valence-corrected chi connectivity index (χ3v) is 6.59. The molecule has 3 aromatic heterocycles. The van der Waals surface area contributed by atoms with E-state index in [2.05, 4.69) is 15.2 Å². The fraction of sp³-hybridized carbons (Fsp3) is 0.263. The van der Waals surface area contributed by atoms with Crippen molar-refractivity contribution < 1.29 is 13.9 Å². The van der Waals surface area contributed by atoms with Gasteiger partial charge in [-0.3, -0.25) is 0 Å². The lowest BCUT2D eigenvalue weighted by Gasteiger charge is -2.08. The fourth-order valence-electron chi connectivity index (χ4n) is 2.62. The maximum atomic E-state index is 5.72. The first-order valence-corrected chi connectivity index (χ1v) is 11.4. The number of thiazole rings is 2. The zero-order chi connectivity index (χ0) is 20.2. The SMILES string of the molecule is COc1ccc(-c2nc(CSc3nnc(Cc4csc(C)n4)o3)cs2)cc1OC. The first-order valence-electron chi connectivity index (χ1n) is 8.67. The summed E-state index contributed by atoms with van der Waals surface area (Å²) in [4.78, 5) is 9.13. The Morgan fingerprint density at radius 1 is 1.00 bits per heavy atom. The standard InChI is InChI=1S/C19H18N4O3S3/c1-11-20-13(8-27-11)7-17-22-23-19(26-17)29-10-14-9-28-18(21-14)12-4-5-15(24-2)16(6-12)25-3/h4-6,8-9H,7,10H2,1-3H3. The molecule has 0 aliphatic rings. The van der Waals surface area contributed by atoms with Crippen LogP contribution in [0.1, 0.15) is 22.3 Å². The Morgan fingerprint density at radius 2 is 1.83 bits per heavy atom. The van der Waals surface area contributed by atoms with E-state index in [-0.39, 0.29) is 0 Å². The lowest BCUT2D eigenvalue weighted by molar-refractivity contribution is 0.355. The van der Waals surface area contributed by atoms with Crippen molar-refractivity contribution in [3.05, 3.63) is 51.2 Å². The summed E-state index contributed by atoms with van der Waals surface area (Å²) in [6, 6.07) is 5.79. The van der Waals surface area contributed by atoms with E-state index >= 15 is 0 Å². The topological polar surface area (TPSA) is 83.2 Å². The van der Waals surface area contributed by atoms with Crippen molar-refractivity contribution in [2.75, 3.05) is 14.2 Å². The summed E-state index contributed by atoms with van der Waals surface area (Å²) in [6.45, 7) is 1.98. The van der Waals surface area contributed by atoms with Crippen molar-refractivity contribution in [3.8, 4) is 22.1 Å². The van der Waals surface area contributed by atoms with Crippen LogP contribution in [0.25, 0.3) is 10.6 Å². The van der Waals surface area contributed by atoms with Gasteiger partial charge in [0, 0.05) is 22.1 Å². The number of benzene rings is 1. The van der Waals surface area contributed by atoms with Crippen molar-refractivity contribution in [2.24, 2.45) is 0 Å². The average molecular weight is 447 g/mol. The van der Waals surface area contributed by atoms with Crippen molar-refractivity contribution >= 4 is 34.4 Å². The Balaban J connectivity index is 1.39. The number of aromatic nitrogens is 4. The molecule has 0 aliphatic heterocycles. The Labute approximate surface area is 180 Å². The minimum absolute atomic E-state index is 0.535. The molecule has 0 spiro atoms. The van der Waals surface area contributed by atoms with Gasteiger partial charge in [-0.2, -0.15) is 0 Å². The molecule has 150 valence electrons. The van der Waals surface area contributed by atoms with Crippen LogP contribution in [0.4, 0.5) is 0 Å². The first kappa shape index (κ1) is 19.9. The summed E-state index contributed by atoms with van der Waals surface area (Å²) in [6.07, 6.45) is 0.554. The number of hydrogen-bond acceptors (Lipinski definition) is 10. The lowest BCUT2D eigenvalue weighted by atomic mass is 10.2. The first-order chi connectivity index (χ1) is 14.1. The minimum atomic E-state index is 0.535. The van der Waals surface area contributed by atoms with E-state index in [1.165, 1.54) is 11.8 Å². The van der Waals surface area contributed by atoms with Gasteiger partial charge in [0.2, 0.25) is 5.89 Å². The van der Waals surface area contributed by atoms with Gasteiger partial charge in [-0.05, 0) is 25.1 Å². The highest BCUT2D eigenvalue weighted by atomic mass is 32.2. The molecule has 0 atom stereocenters. The van der Waals surface area contributed by atoms with Gasteiger partial charge >= 0.3 is 0 Å². The molecule has 4 rings (SSSR count). The predicted octanol–water partition coefficient (Wildman–Crippen LogP) is 4.86. The highest BCUT2D eigenvalue weighted by Crippen LogP contribution is 2.34. The molecule has 29 heavy (non-hydrogen) atoms. The molecule has 0 saturated carbocycles. The maximum Gasteiger partial charge on any atom is 0.276 e. The van der Waals surface area contributed by atoms with E-state index in [1.54, 1.807) is 36.9 Å². The van der Waals surface area contributed by atoms with Gasteiger partial charge in [0.1, 0.15) is 5.01 Å². The largest absolute Gasteiger partial charge is 0.493 e. The summed E-state index contributed by atoms with van der Waals surface area (Å²) in [5.41, 5.74) is 2.90. The van der Waals surface area contributed by atoms with Crippen molar-refractivity contribution in [3.63, 3.8) is 0 Å². The van der Waals surface area contributed by atoms with Crippen LogP contribution in [-0.2, 0) is 12.2 Å². The van der Waals surface area contributed by atoms with Gasteiger partial charge in [-0.1, -0.05) is 11.8 Å². The fourth-order valence-corrected chi connectivity index (χ4v) is 4.83. The molecule has 0 aliphatic carbocycles. The number of rotatable bonds is 8. The smallest absolute Gasteiger partial charge is 0.276 e. The van der Waals surface area contributed by atoms with Crippen molar-refractivity contribution in [2.45, 2.75) is 24.3 Å². The summed E-state index contributed by atoms with van der Waals surface area (Å²) in [7, 11) is 3.25. The number of aryl methyl sites for hydroxylation is 1. The molecule has 0 fully saturated rings. The second kappa shape index (κ2) is 8.93. The van der Waals surface area contributed by atoms with E-state index in [0.717, 1.165) is 27.0 Å². The van der Waals surface area contributed by atoms with Crippen LogP contribution in [0.15, 0.2) is 38.6 Å². The minimum Gasteiger partial charge on any atom is -0.493 e. The number of nitrogens with zero attached hydrogens (tertiary/aromatic N) is 4. The number of methoxy groups -OCH3 is 2. The predicted molar refractivity (Wildman–Crippen MR) is 114 cm³/mol. The van der Waals surface area contributed by atoms with Crippen LogP contribution >= 0.6 is 34.4 Å². The molecular weight excluding hydrogens is 428 g/mol. The summed E-state index contributed by atoms with van der Waals surface area (Å²) < 4.78 is 16.4. The zero-order valence-corrected chi connectivity index (χ0v) is 18.5. The second-order valence-corrected chi connectivity index (χ2v) is 8.85. The van der Waals surface area contributed by atoms with E-state index < -0.39 is 0 Å². The Bertz CT molecular complexity index is 1110. The van der Waals surface area contributed by atoms with Crippen LogP contribution in [0.3, 0.4) is 0 Å². The van der Waals surface area contributed by atoms with E-state index in [0.29, 0.717) is 34.8 Å². The molecule has 7 nitrogen and oxygen atoms in total. The normalized spacial score (nSPS) is 11.0. The summed E-state index contributed by atoms with van der Waals surface area (Å²) >= 11 is 4.67. The van der Waals surface area contributed by atoms with Gasteiger partial charge in [0.25, 0.3) is 5.22 Å². The number of ether oxygens (including phenoxy) is 2. The van der Waals surface area contributed by atoms with Crippen LogP contribution < -0.4 is 9.47 Å². The van der Waals surface area contributed by atoms with E-state index in [1.807, 2.05) is 35.9 Å². The molecule has 4 aromatic rings. The average Bonchev–Trinajstić information content (AvgIpc) is 3.48. The maximum absolute atomic E-state index is 5.72. The van der Waals surface area contributed by atoms with Crippen LogP contribution in [0.5, 0.6) is 11.5 Å². The lowest BCUT2D eigenvalue weighted by Crippen LogP contribution is -1.90. The second-order valence-electron chi connectivity index (χ2n) is 6.00. The van der Waals surface area contributed by atoms with E-state index in [4.69, 9.17) is 18.9 Å². The Morgan fingerprint density at radius 3 is 2.59 bits per heavy atom. The van der Waals surface area contributed by atoms with Crippen LogP contribution in [0, 0.1) is 6.92 Å². The molecule has 1 aromatic carbocycles. The zero-order valence-electron chi connectivity index (χ0n) is 16.0. The van der Waals surface area contributed by atoms with E-state index in [9.17, 15) is 0 Å². The van der Waals surface area contributed by atoms with Gasteiger partial charge in [-0.25, -0.2) is 9.97 Å². The van der Waals surface area contributed by atoms with Gasteiger partial charge in [0.15, 0.2) is 11.5 Å². The molecule has 0 amide bonds. The highest BCUT2D eigenvalue weighted by Gasteiger charge is 2.12. The van der Waals surface area contributed by atoms with Gasteiger partial charge in [-0.15, -0.1) is 32.9 Å². The molecule has 0 unspecified atom stereocenters. The van der Waals surface area contributed by atoms with Gasteiger partial charge < -0.3 is 13.9 Å². The van der Waals surface area contributed by atoms with Gasteiger partial charge in [0.05, 0.1) is 37.0 Å². The summed E-state index contributed by atoms with van der Waals surface area (Å²) in [5, 5.41) is 14.7. The quantitative estimate of drug-likeness (QED) is 0.355. The molecule has 0 bridgehead atoms. The monoisotopic (exact) mass is 446 g/mol. The summed E-state index contributed by atoms with van der Waals surface area (Å²) in [5.74, 6) is 2.61. The Hall–Kier alpha value is -2.43. The molecule has 3 heterocycles. The Kier molecular flexibility index (Phi) is 6.12. The molecule has 10 heteroatoms. The molecule has 0 radical (unpaired) electrons. The van der Waals surface area contributed by atoms with Crippen molar-refractivity contribution in [1.29, 1.82) is 0 Å². The van der Waals surface area contributed by atoms with Crippen molar-refractivity contribution in [1.82, 2.24) is 20.2 Å². The van der Waals surface area contributed by atoms with Crippen LogP contribution in [-0.4, -0.2) is 34.4 Å². The van der Waals surface area contributed by atoms with Crippen LogP contribution in [0.2, 0.25) is 0 Å². The molecule has 0 N–H and O–H groups in total. The highest BCUT2D eigenvalue weighted by molar-refractivity contribution is 7.98.